The molecule has 1 atom stereocenters. The van der Waals surface area contributed by atoms with Crippen LogP contribution >= 0.6 is 0 Å². The van der Waals surface area contributed by atoms with Crippen molar-refractivity contribution in [3.8, 4) is 0 Å². The van der Waals surface area contributed by atoms with Crippen molar-refractivity contribution in [2.45, 2.75) is 19.0 Å². The van der Waals surface area contributed by atoms with Gasteiger partial charge in [0.05, 0.1) is 0 Å². The molecule has 0 aromatic heterocycles. The molecule has 1 N–H and O–H groups in total. The van der Waals surface area contributed by atoms with Crippen LogP contribution in [0.15, 0.2) is 60.7 Å². The van der Waals surface area contributed by atoms with E-state index in [1.807, 2.05) is 0 Å². The summed E-state index contributed by atoms with van der Waals surface area (Å²) in [5.74, 6) is 0. The zero-order valence-corrected chi connectivity index (χ0v) is 11.1. The second-order valence-corrected chi connectivity index (χ2v) is 5.13. The summed E-state index contributed by atoms with van der Waals surface area (Å²) in [6.45, 7) is 3.22. The van der Waals surface area contributed by atoms with Gasteiger partial charge in [0.2, 0.25) is 0 Å². The van der Waals surface area contributed by atoms with Gasteiger partial charge in [-0.2, -0.15) is 0 Å². The Morgan fingerprint density at radius 1 is 0.947 bits per heavy atom. The number of benzene rings is 2. The van der Waals surface area contributed by atoms with Crippen molar-refractivity contribution >= 4 is 5.69 Å². The highest BCUT2D eigenvalue weighted by atomic mass is 15.2. The average Bonchev–Trinajstić information content (AvgIpc) is 2.96. The van der Waals surface area contributed by atoms with Crippen LogP contribution in [-0.2, 0) is 6.54 Å². The predicted octanol–water partition coefficient (Wildman–Crippen LogP) is 3.06. The Hall–Kier alpha value is -1.80. The van der Waals surface area contributed by atoms with Crippen molar-refractivity contribution in [1.29, 1.82) is 0 Å². The van der Waals surface area contributed by atoms with Gasteiger partial charge in [0.15, 0.2) is 0 Å². The smallest absolute Gasteiger partial charge is 0.0366 e. The van der Waals surface area contributed by atoms with Crippen molar-refractivity contribution in [2.24, 2.45) is 0 Å². The standard InChI is InChI=1S/C17H20N2/c1-3-7-15(8-4-1)13-18-16-11-12-19(14-16)17-9-5-2-6-10-17/h1-10,16,18H,11-14H2. The predicted molar refractivity (Wildman–Crippen MR) is 80.3 cm³/mol. The van der Waals surface area contributed by atoms with Gasteiger partial charge in [0.25, 0.3) is 0 Å². The molecule has 0 aliphatic carbocycles. The zero-order valence-electron chi connectivity index (χ0n) is 11.1. The zero-order chi connectivity index (χ0) is 12.9. The lowest BCUT2D eigenvalue weighted by Gasteiger charge is -2.19. The van der Waals surface area contributed by atoms with E-state index in [0.29, 0.717) is 6.04 Å². The molecular weight excluding hydrogens is 232 g/mol. The van der Waals surface area contributed by atoms with Crippen LogP contribution in [0.5, 0.6) is 0 Å². The minimum Gasteiger partial charge on any atom is -0.370 e. The van der Waals surface area contributed by atoms with Crippen molar-refractivity contribution in [2.75, 3.05) is 18.0 Å². The van der Waals surface area contributed by atoms with Gasteiger partial charge in [-0.1, -0.05) is 48.5 Å². The summed E-state index contributed by atoms with van der Waals surface area (Å²) in [4.78, 5) is 2.46. The number of hydrogen-bond donors (Lipinski definition) is 1. The maximum absolute atomic E-state index is 3.66. The van der Waals surface area contributed by atoms with Gasteiger partial charge in [-0.25, -0.2) is 0 Å². The van der Waals surface area contributed by atoms with E-state index in [4.69, 9.17) is 0 Å². The molecule has 1 aliphatic rings. The molecule has 1 unspecified atom stereocenters. The summed E-state index contributed by atoms with van der Waals surface area (Å²) >= 11 is 0. The van der Waals surface area contributed by atoms with Crippen molar-refractivity contribution in [1.82, 2.24) is 5.32 Å². The van der Waals surface area contributed by atoms with E-state index < -0.39 is 0 Å². The lowest BCUT2D eigenvalue weighted by Crippen LogP contribution is -2.32. The number of nitrogens with one attached hydrogen (secondary N) is 1. The van der Waals surface area contributed by atoms with E-state index in [2.05, 4.69) is 70.9 Å². The highest BCUT2D eigenvalue weighted by molar-refractivity contribution is 5.47. The molecule has 98 valence electrons. The van der Waals surface area contributed by atoms with Crippen LogP contribution in [0.25, 0.3) is 0 Å². The van der Waals surface area contributed by atoms with Gasteiger partial charge >= 0.3 is 0 Å². The van der Waals surface area contributed by atoms with Gasteiger partial charge in [0, 0.05) is 31.4 Å². The first-order chi connectivity index (χ1) is 9.42. The molecule has 0 bridgehead atoms. The molecule has 1 heterocycles. The number of nitrogens with zero attached hydrogens (tertiary/aromatic N) is 1. The van der Waals surface area contributed by atoms with Crippen molar-refractivity contribution in [3.63, 3.8) is 0 Å². The summed E-state index contributed by atoms with van der Waals surface area (Å²) in [5.41, 5.74) is 2.70. The van der Waals surface area contributed by atoms with Crippen LogP contribution < -0.4 is 10.2 Å². The summed E-state index contributed by atoms with van der Waals surface area (Å²) in [7, 11) is 0. The first kappa shape index (κ1) is 12.2. The Labute approximate surface area is 115 Å². The molecule has 2 aromatic rings. The van der Waals surface area contributed by atoms with Crippen LogP contribution in [0.3, 0.4) is 0 Å². The Morgan fingerprint density at radius 3 is 2.37 bits per heavy atom. The Balaban J connectivity index is 1.52. The molecule has 0 spiro atoms. The van der Waals surface area contributed by atoms with Gasteiger partial charge in [-0.3, -0.25) is 0 Å². The highest BCUT2D eigenvalue weighted by Gasteiger charge is 2.21. The monoisotopic (exact) mass is 252 g/mol. The summed E-state index contributed by atoms with van der Waals surface area (Å²) in [6, 6.07) is 21.9. The van der Waals surface area contributed by atoms with Crippen LogP contribution in [0, 0.1) is 0 Å². The van der Waals surface area contributed by atoms with Crippen LogP contribution in [-0.4, -0.2) is 19.1 Å². The third-order valence-corrected chi connectivity index (χ3v) is 3.75. The van der Waals surface area contributed by atoms with E-state index in [-0.39, 0.29) is 0 Å². The summed E-state index contributed by atoms with van der Waals surface area (Å²) in [6.07, 6.45) is 1.22. The van der Waals surface area contributed by atoms with Crippen LogP contribution in [0.4, 0.5) is 5.69 Å². The average molecular weight is 252 g/mol. The molecule has 19 heavy (non-hydrogen) atoms. The summed E-state index contributed by atoms with van der Waals surface area (Å²) in [5, 5.41) is 3.66. The molecule has 0 radical (unpaired) electrons. The quantitative estimate of drug-likeness (QED) is 0.899. The number of para-hydroxylation sites is 1. The first-order valence-electron chi connectivity index (χ1n) is 6.99. The molecule has 3 rings (SSSR count). The fourth-order valence-electron chi connectivity index (χ4n) is 2.66. The van der Waals surface area contributed by atoms with Gasteiger partial charge < -0.3 is 10.2 Å². The highest BCUT2D eigenvalue weighted by Crippen LogP contribution is 2.19. The number of hydrogen-bond acceptors (Lipinski definition) is 2. The maximum Gasteiger partial charge on any atom is 0.0366 e. The molecule has 2 aromatic carbocycles. The van der Waals surface area contributed by atoms with E-state index in [1.54, 1.807) is 0 Å². The third-order valence-electron chi connectivity index (χ3n) is 3.75. The molecule has 1 saturated heterocycles. The lowest BCUT2D eigenvalue weighted by atomic mass is 10.2. The lowest BCUT2D eigenvalue weighted by molar-refractivity contribution is 0.551. The van der Waals surface area contributed by atoms with E-state index in [0.717, 1.165) is 19.6 Å². The molecule has 2 heteroatoms. The minimum atomic E-state index is 0.598. The van der Waals surface area contributed by atoms with Crippen molar-refractivity contribution < 1.29 is 0 Å². The van der Waals surface area contributed by atoms with Crippen LogP contribution in [0.1, 0.15) is 12.0 Å². The SMILES string of the molecule is c1ccc(CNC2CCN(c3ccccc3)C2)cc1. The molecule has 0 amide bonds. The van der Waals surface area contributed by atoms with E-state index >= 15 is 0 Å². The van der Waals surface area contributed by atoms with Crippen molar-refractivity contribution in [3.05, 3.63) is 66.2 Å². The Kier molecular flexibility index (Phi) is 3.80. The third kappa shape index (κ3) is 3.15. The van der Waals surface area contributed by atoms with Gasteiger partial charge in [-0.15, -0.1) is 0 Å². The maximum atomic E-state index is 3.66. The largest absolute Gasteiger partial charge is 0.370 e. The first-order valence-corrected chi connectivity index (χ1v) is 6.99. The summed E-state index contributed by atoms with van der Waals surface area (Å²) < 4.78 is 0. The van der Waals surface area contributed by atoms with Gasteiger partial charge in [0.1, 0.15) is 0 Å². The van der Waals surface area contributed by atoms with E-state index in [1.165, 1.54) is 17.7 Å². The second kappa shape index (κ2) is 5.89. The van der Waals surface area contributed by atoms with Gasteiger partial charge in [-0.05, 0) is 24.1 Å². The topological polar surface area (TPSA) is 15.3 Å². The normalized spacial score (nSPS) is 18.7. The molecule has 1 aliphatic heterocycles. The minimum absolute atomic E-state index is 0.598. The molecule has 2 nitrogen and oxygen atoms in total. The Morgan fingerprint density at radius 2 is 1.63 bits per heavy atom. The number of anilines is 1. The second-order valence-electron chi connectivity index (χ2n) is 5.13. The molecule has 0 saturated carbocycles. The number of rotatable bonds is 4. The molecule has 1 fully saturated rings. The van der Waals surface area contributed by atoms with Crippen LogP contribution in [0.2, 0.25) is 0 Å². The fraction of sp³-hybridized carbons (Fsp3) is 0.294. The molecular formula is C17H20N2. The van der Waals surface area contributed by atoms with E-state index in [9.17, 15) is 0 Å². The Bertz CT molecular complexity index is 495. The fourth-order valence-corrected chi connectivity index (χ4v) is 2.66.